The lowest BCUT2D eigenvalue weighted by Crippen LogP contribution is -2.43. The number of nitrogens with two attached hydrogens (primary N) is 1. The summed E-state index contributed by atoms with van der Waals surface area (Å²) in [5.41, 5.74) is 11.1. The molecule has 1 unspecified atom stereocenters. The molecule has 3 N–H and O–H groups in total. The molecule has 2 aromatic carbocycles. The second-order valence-corrected chi connectivity index (χ2v) is 8.16. The van der Waals surface area contributed by atoms with Gasteiger partial charge in [0.15, 0.2) is 0 Å². The molecule has 28 heavy (non-hydrogen) atoms. The summed E-state index contributed by atoms with van der Waals surface area (Å²) in [5, 5.41) is 3.25. The molecule has 1 aliphatic carbocycles. The van der Waals surface area contributed by atoms with Gasteiger partial charge in [0, 0.05) is 44.0 Å². The number of carbonyl (C=O) groups excluding carboxylic acids is 1. The number of aryl methyl sites for hydroxylation is 1. The van der Waals surface area contributed by atoms with Gasteiger partial charge in [-0.15, -0.1) is 0 Å². The van der Waals surface area contributed by atoms with Gasteiger partial charge >= 0.3 is 0 Å². The van der Waals surface area contributed by atoms with Gasteiger partial charge in [0.1, 0.15) is 0 Å². The number of benzene rings is 2. The molecule has 1 heterocycles. The number of anilines is 1. The molecule has 0 aromatic heterocycles. The Labute approximate surface area is 167 Å². The number of nitrogens with zero attached hydrogens (tertiary/aromatic N) is 2. The van der Waals surface area contributed by atoms with Crippen LogP contribution in [0.1, 0.15) is 45.9 Å². The van der Waals surface area contributed by atoms with Crippen LogP contribution in [0.4, 0.5) is 5.69 Å². The predicted octanol–water partition coefficient (Wildman–Crippen LogP) is 2.82. The average Bonchev–Trinajstić information content (AvgIpc) is 2.70. The summed E-state index contributed by atoms with van der Waals surface area (Å²) in [7, 11) is 2.17. The third kappa shape index (κ3) is 4.37. The summed E-state index contributed by atoms with van der Waals surface area (Å²) in [5.74, 6) is 0.00917. The summed E-state index contributed by atoms with van der Waals surface area (Å²) >= 11 is 0. The number of nitrogen functional groups attached to an aromatic ring is 1. The van der Waals surface area contributed by atoms with Crippen LogP contribution in [-0.4, -0.2) is 48.9 Å². The minimum atomic E-state index is 0.00917. The molecule has 1 aliphatic heterocycles. The van der Waals surface area contributed by atoms with Gasteiger partial charge in [0.2, 0.25) is 0 Å². The second-order valence-electron chi connectivity index (χ2n) is 8.16. The van der Waals surface area contributed by atoms with Crippen molar-refractivity contribution in [2.45, 2.75) is 31.8 Å². The van der Waals surface area contributed by atoms with Crippen molar-refractivity contribution in [3.8, 4) is 0 Å². The molecule has 4 rings (SSSR count). The molecule has 148 valence electrons. The molecule has 0 radical (unpaired) electrons. The van der Waals surface area contributed by atoms with Crippen LogP contribution in [0.2, 0.25) is 0 Å². The summed E-state index contributed by atoms with van der Waals surface area (Å²) in [6.45, 7) is 5.27. The Hall–Kier alpha value is -2.37. The van der Waals surface area contributed by atoms with E-state index >= 15 is 0 Å². The van der Waals surface area contributed by atoms with Crippen molar-refractivity contribution in [1.82, 2.24) is 15.1 Å². The van der Waals surface area contributed by atoms with Crippen LogP contribution in [0.3, 0.4) is 0 Å². The molecule has 1 atom stereocenters. The van der Waals surface area contributed by atoms with E-state index in [9.17, 15) is 4.79 Å². The van der Waals surface area contributed by atoms with Crippen LogP contribution >= 0.6 is 0 Å². The monoisotopic (exact) mass is 378 g/mol. The number of rotatable bonds is 4. The number of piperazine rings is 1. The second kappa shape index (κ2) is 8.33. The Morgan fingerprint density at radius 1 is 1.14 bits per heavy atom. The van der Waals surface area contributed by atoms with Crippen LogP contribution in [0.25, 0.3) is 0 Å². The maximum Gasteiger partial charge on any atom is 0.251 e. The SMILES string of the molecule is CN1CCN(Cc2cccc(C(=O)NC3CCCc4cc(N)ccc43)c2)CC1. The van der Waals surface area contributed by atoms with E-state index in [1.807, 2.05) is 30.3 Å². The molecule has 0 bridgehead atoms. The molecule has 0 spiro atoms. The average molecular weight is 379 g/mol. The third-order valence-corrected chi connectivity index (χ3v) is 5.98. The van der Waals surface area contributed by atoms with E-state index in [-0.39, 0.29) is 11.9 Å². The Morgan fingerprint density at radius 2 is 1.96 bits per heavy atom. The molecule has 1 saturated heterocycles. The molecular formula is C23H30N4O. The van der Waals surface area contributed by atoms with Gasteiger partial charge < -0.3 is 16.0 Å². The normalized spacial score (nSPS) is 20.5. The van der Waals surface area contributed by atoms with E-state index in [0.29, 0.717) is 0 Å². The third-order valence-electron chi connectivity index (χ3n) is 5.98. The molecule has 1 fully saturated rings. The lowest BCUT2D eigenvalue weighted by Gasteiger charge is -2.32. The van der Waals surface area contributed by atoms with Crippen molar-refractivity contribution in [2.75, 3.05) is 39.0 Å². The van der Waals surface area contributed by atoms with Gasteiger partial charge in [0.05, 0.1) is 6.04 Å². The highest BCUT2D eigenvalue weighted by Gasteiger charge is 2.22. The standard InChI is InChI=1S/C23H30N4O/c1-26-10-12-27(13-11-26)16-17-4-2-6-19(14-17)23(28)25-22-7-3-5-18-15-20(24)8-9-21(18)22/h2,4,6,8-9,14-15,22H,3,5,7,10-13,16,24H2,1H3,(H,25,28). The lowest BCUT2D eigenvalue weighted by molar-refractivity contribution is 0.0932. The van der Waals surface area contributed by atoms with Crippen molar-refractivity contribution in [1.29, 1.82) is 0 Å². The summed E-state index contributed by atoms with van der Waals surface area (Å²) in [4.78, 5) is 17.7. The first-order valence-electron chi connectivity index (χ1n) is 10.3. The van der Waals surface area contributed by atoms with E-state index in [1.54, 1.807) is 0 Å². The van der Waals surface area contributed by atoms with E-state index in [1.165, 1.54) is 16.7 Å². The van der Waals surface area contributed by atoms with Crippen LogP contribution in [0.15, 0.2) is 42.5 Å². The van der Waals surface area contributed by atoms with Crippen molar-refractivity contribution >= 4 is 11.6 Å². The molecule has 0 saturated carbocycles. The smallest absolute Gasteiger partial charge is 0.251 e. The van der Waals surface area contributed by atoms with E-state index in [2.05, 4.69) is 34.3 Å². The summed E-state index contributed by atoms with van der Waals surface area (Å²) < 4.78 is 0. The highest BCUT2D eigenvalue weighted by atomic mass is 16.1. The van der Waals surface area contributed by atoms with Crippen molar-refractivity contribution in [3.05, 3.63) is 64.7 Å². The fourth-order valence-electron chi connectivity index (χ4n) is 4.30. The van der Waals surface area contributed by atoms with Gasteiger partial charge in [-0.25, -0.2) is 0 Å². The minimum absolute atomic E-state index is 0.00917. The number of likely N-dealkylation sites (N-methyl/N-ethyl adjacent to an activating group) is 1. The zero-order chi connectivity index (χ0) is 19.5. The van der Waals surface area contributed by atoms with Crippen LogP contribution < -0.4 is 11.1 Å². The number of hydrogen-bond acceptors (Lipinski definition) is 4. The van der Waals surface area contributed by atoms with Gasteiger partial charge in [-0.3, -0.25) is 9.69 Å². The lowest BCUT2D eigenvalue weighted by atomic mass is 9.87. The molecule has 1 amide bonds. The zero-order valence-corrected chi connectivity index (χ0v) is 16.7. The maximum atomic E-state index is 12.9. The van der Waals surface area contributed by atoms with Gasteiger partial charge in [-0.2, -0.15) is 0 Å². The highest BCUT2D eigenvalue weighted by molar-refractivity contribution is 5.94. The fraction of sp³-hybridized carbons (Fsp3) is 0.435. The van der Waals surface area contributed by atoms with Gasteiger partial charge in [-0.1, -0.05) is 18.2 Å². The summed E-state index contributed by atoms with van der Waals surface area (Å²) in [6, 6.07) is 14.2. The topological polar surface area (TPSA) is 61.6 Å². The summed E-state index contributed by atoms with van der Waals surface area (Å²) in [6.07, 6.45) is 3.09. The first-order chi connectivity index (χ1) is 13.6. The Kier molecular flexibility index (Phi) is 5.64. The highest BCUT2D eigenvalue weighted by Crippen LogP contribution is 2.31. The quantitative estimate of drug-likeness (QED) is 0.803. The Bertz CT molecular complexity index is 842. The number of hydrogen-bond donors (Lipinski definition) is 2. The van der Waals surface area contributed by atoms with E-state index < -0.39 is 0 Å². The Balaban J connectivity index is 1.43. The number of nitrogens with one attached hydrogen (secondary N) is 1. The van der Waals surface area contributed by atoms with Crippen LogP contribution in [0, 0.1) is 0 Å². The van der Waals surface area contributed by atoms with Crippen molar-refractivity contribution < 1.29 is 4.79 Å². The largest absolute Gasteiger partial charge is 0.399 e. The molecule has 5 nitrogen and oxygen atoms in total. The van der Waals surface area contributed by atoms with Gasteiger partial charge in [-0.05, 0) is 67.3 Å². The maximum absolute atomic E-state index is 12.9. The predicted molar refractivity (Wildman–Crippen MR) is 113 cm³/mol. The van der Waals surface area contributed by atoms with E-state index in [0.717, 1.165) is 63.2 Å². The first-order valence-corrected chi connectivity index (χ1v) is 10.3. The van der Waals surface area contributed by atoms with Gasteiger partial charge in [0.25, 0.3) is 5.91 Å². The number of carbonyl (C=O) groups is 1. The van der Waals surface area contributed by atoms with Crippen molar-refractivity contribution in [3.63, 3.8) is 0 Å². The minimum Gasteiger partial charge on any atom is -0.399 e. The van der Waals surface area contributed by atoms with Crippen LogP contribution in [0.5, 0.6) is 0 Å². The number of fused-ring (bicyclic) bond motifs is 1. The fourth-order valence-corrected chi connectivity index (χ4v) is 4.30. The first kappa shape index (κ1) is 19.0. The van der Waals surface area contributed by atoms with E-state index in [4.69, 9.17) is 5.73 Å². The number of amides is 1. The van der Waals surface area contributed by atoms with Crippen LogP contribution in [-0.2, 0) is 13.0 Å². The van der Waals surface area contributed by atoms with Crippen molar-refractivity contribution in [2.24, 2.45) is 0 Å². The molecular weight excluding hydrogens is 348 g/mol. The molecule has 2 aromatic rings. The Morgan fingerprint density at radius 3 is 2.79 bits per heavy atom. The zero-order valence-electron chi connectivity index (χ0n) is 16.7. The molecule has 5 heteroatoms. The molecule has 2 aliphatic rings.